The summed E-state index contributed by atoms with van der Waals surface area (Å²) < 4.78 is 41.1. The van der Waals surface area contributed by atoms with Crippen LogP contribution in [0, 0.1) is 0 Å². The quantitative estimate of drug-likeness (QED) is 0.283. The third-order valence-electron chi connectivity index (χ3n) is 6.38. The zero-order valence-electron chi connectivity index (χ0n) is 18.3. The van der Waals surface area contributed by atoms with Crippen molar-refractivity contribution in [2.45, 2.75) is 41.6 Å². The van der Waals surface area contributed by atoms with Crippen molar-refractivity contribution in [2.75, 3.05) is 12.3 Å². The summed E-state index contributed by atoms with van der Waals surface area (Å²) in [7, 11) is 0. The van der Waals surface area contributed by atoms with Gasteiger partial charge in [0.15, 0.2) is 4.34 Å². The zero-order chi connectivity index (χ0) is 23.8. The lowest BCUT2D eigenvalue weighted by Crippen LogP contribution is -2.47. The van der Waals surface area contributed by atoms with Crippen LogP contribution in [0.2, 0.25) is 0 Å². The lowest BCUT2D eigenvalue weighted by Gasteiger charge is -2.32. The standard InChI is InChI=1S/C26H23F3N2OS2/c27-26(28,29)16-30-23(32)25(14-7-15-33-24-31-21-12-5-6-13-22(21)34-24)19-10-3-1-8-17(19)18-9-2-4-11-20(18)25/h1,3-6,8,10-13H,2,7,9,14-16H2,(H,30,32). The van der Waals surface area contributed by atoms with Gasteiger partial charge in [0, 0.05) is 5.75 Å². The van der Waals surface area contributed by atoms with Gasteiger partial charge >= 0.3 is 6.18 Å². The minimum atomic E-state index is -4.46. The van der Waals surface area contributed by atoms with Gasteiger partial charge in [-0.25, -0.2) is 4.98 Å². The van der Waals surface area contributed by atoms with E-state index in [9.17, 15) is 18.0 Å². The number of nitrogens with one attached hydrogen (secondary N) is 1. The predicted octanol–water partition coefficient (Wildman–Crippen LogP) is 6.90. The van der Waals surface area contributed by atoms with Crippen LogP contribution in [0.5, 0.6) is 0 Å². The number of aromatic nitrogens is 1. The maximum Gasteiger partial charge on any atom is 0.405 e. The molecular formula is C26H23F3N2OS2. The minimum absolute atomic E-state index is 0.439. The van der Waals surface area contributed by atoms with Gasteiger partial charge in [-0.2, -0.15) is 13.2 Å². The number of fused-ring (bicyclic) bond motifs is 3. The number of nitrogens with zero attached hydrogens (tertiary/aromatic N) is 1. The van der Waals surface area contributed by atoms with Gasteiger partial charge in [-0.3, -0.25) is 4.79 Å². The highest BCUT2D eigenvalue weighted by molar-refractivity contribution is 8.01. The molecule has 0 saturated heterocycles. The Bertz CT molecular complexity index is 1260. The highest BCUT2D eigenvalue weighted by Gasteiger charge is 2.50. The number of benzene rings is 2. The molecule has 0 radical (unpaired) electrons. The number of amides is 1. The molecule has 0 aliphatic heterocycles. The van der Waals surface area contributed by atoms with Gasteiger partial charge in [0.05, 0.1) is 15.6 Å². The van der Waals surface area contributed by atoms with Crippen LogP contribution in [0.1, 0.15) is 36.8 Å². The number of hydrogen-bond acceptors (Lipinski definition) is 4. The fraction of sp³-hybridized carbons (Fsp3) is 0.308. The lowest BCUT2D eigenvalue weighted by atomic mass is 9.72. The monoisotopic (exact) mass is 500 g/mol. The highest BCUT2D eigenvalue weighted by atomic mass is 32.2. The molecular weight excluding hydrogens is 477 g/mol. The number of carbonyl (C=O) groups excluding carboxylic acids is 1. The van der Waals surface area contributed by atoms with E-state index >= 15 is 0 Å². The predicted molar refractivity (Wildman–Crippen MR) is 132 cm³/mol. The smallest absolute Gasteiger partial charge is 0.346 e. The van der Waals surface area contributed by atoms with E-state index in [0.29, 0.717) is 12.8 Å². The average molecular weight is 501 g/mol. The van der Waals surface area contributed by atoms with Crippen LogP contribution in [0.25, 0.3) is 15.8 Å². The van der Waals surface area contributed by atoms with Crippen molar-refractivity contribution in [2.24, 2.45) is 0 Å². The Morgan fingerprint density at radius 2 is 1.94 bits per heavy atom. The van der Waals surface area contributed by atoms with Crippen LogP contribution in [-0.4, -0.2) is 29.4 Å². The van der Waals surface area contributed by atoms with E-state index in [-0.39, 0.29) is 0 Å². The Morgan fingerprint density at radius 3 is 2.76 bits per heavy atom. The first-order chi connectivity index (χ1) is 16.4. The second kappa shape index (κ2) is 9.23. The summed E-state index contributed by atoms with van der Waals surface area (Å²) in [5.74, 6) is 0.154. The molecule has 3 aromatic rings. The van der Waals surface area contributed by atoms with Gasteiger partial charge in [0.1, 0.15) is 6.54 Å². The maximum absolute atomic E-state index is 13.5. The molecule has 8 heteroatoms. The molecule has 3 nitrogen and oxygen atoms in total. The Balaban J connectivity index is 1.41. The van der Waals surface area contributed by atoms with Crippen molar-refractivity contribution in [1.29, 1.82) is 0 Å². The number of hydrogen-bond donors (Lipinski definition) is 1. The van der Waals surface area contributed by atoms with Gasteiger partial charge in [0.25, 0.3) is 0 Å². The molecule has 5 rings (SSSR count). The van der Waals surface area contributed by atoms with Gasteiger partial charge in [-0.1, -0.05) is 60.3 Å². The number of thioether (sulfide) groups is 1. The first-order valence-corrected chi connectivity index (χ1v) is 13.0. The SMILES string of the molecule is O=C(NCC(F)(F)F)C1(CCCSc2nc3ccccc3s2)C2=C(CCC=C2)c2ccccc21. The summed E-state index contributed by atoms with van der Waals surface area (Å²) in [5.41, 5.74) is 3.59. The first kappa shape index (κ1) is 23.2. The Labute approximate surface area is 204 Å². The third kappa shape index (κ3) is 4.29. The topological polar surface area (TPSA) is 42.0 Å². The maximum atomic E-state index is 13.5. The van der Waals surface area contributed by atoms with Crippen molar-refractivity contribution < 1.29 is 18.0 Å². The molecule has 1 heterocycles. The number of carbonyl (C=O) groups is 1. The first-order valence-electron chi connectivity index (χ1n) is 11.2. The molecule has 1 atom stereocenters. The summed E-state index contributed by atoms with van der Waals surface area (Å²) in [4.78, 5) is 18.2. The van der Waals surface area contributed by atoms with Crippen molar-refractivity contribution in [1.82, 2.24) is 10.3 Å². The van der Waals surface area contributed by atoms with Crippen molar-refractivity contribution in [3.8, 4) is 0 Å². The molecule has 1 aromatic heterocycles. The summed E-state index contributed by atoms with van der Waals surface area (Å²) in [6.07, 6.45) is 2.27. The molecule has 34 heavy (non-hydrogen) atoms. The van der Waals surface area contributed by atoms with Crippen LogP contribution in [0.4, 0.5) is 13.2 Å². The van der Waals surface area contributed by atoms with E-state index in [1.807, 2.05) is 60.7 Å². The van der Waals surface area contributed by atoms with E-state index in [0.717, 1.165) is 55.4 Å². The van der Waals surface area contributed by atoms with Crippen LogP contribution in [0.3, 0.4) is 0 Å². The Kier molecular flexibility index (Phi) is 6.29. The Hall–Kier alpha value is -2.58. The molecule has 0 fully saturated rings. The molecule has 0 saturated carbocycles. The molecule has 0 spiro atoms. The zero-order valence-corrected chi connectivity index (χ0v) is 20.0. The van der Waals surface area contributed by atoms with Crippen molar-refractivity contribution in [3.05, 3.63) is 77.4 Å². The molecule has 1 amide bonds. The fourth-order valence-corrected chi connectivity index (χ4v) is 7.05. The number of para-hydroxylation sites is 1. The van der Waals surface area contributed by atoms with Crippen molar-refractivity contribution in [3.63, 3.8) is 0 Å². The number of halogens is 3. The second-order valence-corrected chi connectivity index (χ2v) is 10.9. The number of allylic oxidation sites excluding steroid dienone is 3. The molecule has 1 N–H and O–H groups in total. The number of thiazole rings is 1. The number of rotatable bonds is 7. The lowest BCUT2D eigenvalue weighted by molar-refractivity contribution is -0.141. The molecule has 2 aliphatic rings. The van der Waals surface area contributed by atoms with Gasteiger partial charge in [-0.15, -0.1) is 11.3 Å². The number of alkyl halides is 3. The Morgan fingerprint density at radius 1 is 1.15 bits per heavy atom. The van der Waals surface area contributed by atoms with E-state index < -0.39 is 24.0 Å². The normalized spacial score (nSPS) is 19.4. The van der Waals surface area contributed by atoms with E-state index in [2.05, 4.69) is 10.3 Å². The summed E-state index contributed by atoms with van der Waals surface area (Å²) >= 11 is 3.26. The third-order valence-corrected chi connectivity index (χ3v) is 8.64. The fourth-order valence-electron chi connectivity index (χ4n) is 4.98. The minimum Gasteiger partial charge on any atom is -0.346 e. The average Bonchev–Trinajstić information content (AvgIpc) is 3.37. The second-order valence-electron chi connectivity index (χ2n) is 8.48. The van der Waals surface area contributed by atoms with Crippen LogP contribution < -0.4 is 5.32 Å². The summed E-state index contributed by atoms with van der Waals surface area (Å²) in [5, 5.41) is 2.21. The van der Waals surface area contributed by atoms with Gasteiger partial charge in [0.2, 0.25) is 5.91 Å². The van der Waals surface area contributed by atoms with E-state index in [1.165, 1.54) is 0 Å². The highest BCUT2D eigenvalue weighted by Crippen LogP contribution is 2.53. The summed E-state index contributed by atoms with van der Waals surface area (Å²) in [6, 6.07) is 15.6. The molecule has 2 aliphatic carbocycles. The van der Waals surface area contributed by atoms with E-state index in [1.54, 1.807) is 23.1 Å². The van der Waals surface area contributed by atoms with Crippen LogP contribution in [-0.2, 0) is 10.2 Å². The van der Waals surface area contributed by atoms with Crippen molar-refractivity contribution >= 4 is 44.8 Å². The largest absolute Gasteiger partial charge is 0.405 e. The van der Waals surface area contributed by atoms with Crippen LogP contribution >= 0.6 is 23.1 Å². The molecule has 2 aromatic carbocycles. The molecule has 176 valence electrons. The van der Waals surface area contributed by atoms with Gasteiger partial charge < -0.3 is 5.32 Å². The van der Waals surface area contributed by atoms with Crippen LogP contribution in [0.15, 0.2) is 70.6 Å². The molecule has 1 unspecified atom stereocenters. The van der Waals surface area contributed by atoms with E-state index in [4.69, 9.17) is 0 Å². The summed E-state index contributed by atoms with van der Waals surface area (Å²) in [6.45, 7) is -1.33. The molecule has 0 bridgehead atoms. The van der Waals surface area contributed by atoms with Gasteiger partial charge in [-0.05, 0) is 60.1 Å².